The molecule has 106 valence electrons. The average Bonchev–Trinajstić information content (AvgIpc) is 2.40. The normalized spacial score (nSPS) is 24.6. The van der Waals surface area contributed by atoms with Gasteiger partial charge in [0.2, 0.25) is 0 Å². The number of piperidine rings is 1. The van der Waals surface area contributed by atoms with Crippen LogP contribution in [0.15, 0.2) is 24.3 Å². The summed E-state index contributed by atoms with van der Waals surface area (Å²) in [6.45, 7) is 6.21. The third-order valence-electron chi connectivity index (χ3n) is 3.99. The van der Waals surface area contributed by atoms with Crippen molar-refractivity contribution in [1.82, 2.24) is 10.4 Å². The second-order valence-corrected chi connectivity index (χ2v) is 5.62. The molecule has 1 saturated heterocycles. The van der Waals surface area contributed by atoms with Gasteiger partial charge in [-0.3, -0.25) is 5.43 Å². The maximum atomic E-state index is 5.13. The Hall–Kier alpha value is -0.900. The van der Waals surface area contributed by atoms with E-state index in [9.17, 15) is 0 Å². The number of nitrogens with zero attached hydrogens (tertiary/aromatic N) is 1. The van der Waals surface area contributed by atoms with E-state index in [1.54, 1.807) is 7.11 Å². The minimum absolute atomic E-state index is 0.636. The van der Waals surface area contributed by atoms with Crippen molar-refractivity contribution in [2.45, 2.75) is 58.3 Å². The molecule has 0 aromatic heterocycles. The Labute approximate surface area is 116 Å². The van der Waals surface area contributed by atoms with Gasteiger partial charge in [-0.2, -0.15) is 0 Å². The summed E-state index contributed by atoms with van der Waals surface area (Å²) in [5, 5.41) is 2.42. The van der Waals surface area contributed by atoms with Crippen LogP contribution >= 0.6 is 0 Å². The van der Waals surface area contributed by atoms with E-state index in [0.717, 1.165) is 6.54 Å². The largest absolute Gasteiger partial charge is 0.380 e. The van der Waals surface area contributed by atoms with Crippen LogP contribution in [0.1, 0.15) is 44.2 Å². The average molecular weight is 262 g/mol. The van der Waals surface area contributed by atoms with Crippen LogP contribution in [0.3, 0.4) is 0 Å². The summed E-state index contributed by atoms with van der Waals surface area (Å²) in [6, 6.07) is 9.92. The second-order valence-electron chi connectivity index (χ2n) is 5.62. The third kappa shape index (κ3) is 4.03. The van der Waals surface area contributed by atoms with Crippen LogP contribution in [0.5, 0.6) is 0 Å². The number of hydrazine groups is 1. The van der Waals surface area contributed by atoms with Crippen molar-refractivity contribution in [3.05, 3.63) is 35.4 Å². The molecule has 0 spiro atoms. The number of hydrogen-bond acceptors (Lipinski definition) is 3. The van der Waals surface area contributed by atoms with Gasteiger partial charge in [-0.15, -0.1) is 0 Å². The third-order valence-corrected chi connectivity index (χ3v) is 3.99. The summed E-state index contributed by atoms with van der Waals surface area (Å²) in [5.74, 6) is 0. The fraction of sp³-hybridized carbons (Fsp3) is 0.625. The summed E-state index contributed by atoms with van der Waals surface area (Å²) in [7, 11) is 1.73. The predicted molar refractivity (Wildman–Crippen MR) is 78.6 cm³/mol. The van der Waals surface area contributed by atoms with Gasteiger partial charge in [0.15, 0.2) is 0 Å². The number of nitrogens with one attached hydrogen (secondary N) is 1. The maximum Gasteiger partial charge on any atom is 0.0713 e. The molecule has 1 aromatic carbocycles. The monoisotopic (exact) mass is 262 g/mol. The quantitative estimate of drug-likeness (QED) is 0.882. The minimum Gasteiger partial charge on any atom is -0.380 e. The Morgan fingerprint density at radius 2 is 1.68 bits per heavy atom. The van der Waals surface area contributed by atoms with Gasteiger partial charge in [0.1, 0.15) is 0 Å². The van der Waals surface area contributed by atoms with Gasteiger partial charge in [-0.1, -0.05) is 30.7 Å². The molecule has 2 unspecified atom stereocenters. The van der Waals surface area contributed by atoms with Crippen molar-refractivity contribution in [3.8, 4) is 0 Å². The first kappa shape index (κ1) is 14.5. The molecule has 0 radical (unpaired) electrons. The molecule has 1 heterocycles. The van der Waals surface area contributed by atoms with E-state index < -0.39 is 0 Å². The SMILES string of the molecule is COCc1ccc(CNN2C(C)CCCC2C)cc1. The number of benzene rings is 1. The zero-order valence-electron chi connectivity index (χ0n) is 12.4. The molecule has 2 rings (SSSR count). The first-order valence-corrected chi connectivity index (χ1v) is 7.29. The van der Waals surface area contributed by atoms with Crippen LogP contribution in [0.25, 0.3) is 0 Å². The standard InChI is InChI=1S/C16H26N2O/c1-13-5-4-6-14(2)18(13)17-11-15-7-9-16(10-8-15)12-19-3/h7-10,13-14,17H,4-6,11-12H2,1-3H3. The van der Waals surface area contributed by atoms with Crippen molar-refractivity contribution in [3.63, 3.8) is 0 Å². The highest BCUT2D eigenvalue weighted by Crippen LogP contribution is 2.20. The maximum absolute atomic E-state index is 5.13. The van der Waals surface area contributed by atoms with Crippen LogP contribution in [-0.4, -0.2) is 24.2 Å². The summed E-state index contributed by atoms with van der Waals surface area (Å²) in [4.78, 5) is 0. The van der Waals surface area contributed by atoms with Crippen molar-refractivity contribution < 1.29 is 4.74 Å². The lowest BCUT2D eigenvalue weighted by molar-refractivity contribution is 0.0435. The highest BCUT2D eigenvalue weighted by atomic mass is 16.5. The molecular formula is C16H26N2O. The van der Waals surface area contributed by atoms with E-state index in [1.165, 1.54) is 30.4 Å². The first-order valence-electron chi connectivity index (χ1n) is 7.29. The molecule has 0 amide bonds. The lowest BCUT2D eigenvalue weighted by Gasteiger charge is -2.39. The Morgan fingerprint density at radius 3 is 2.26 bits per heavy atom. The molecule has 1 aromatic rings. The van der Waals surface area contributed by atoms with Crippen molar-refractivity contribution in [2.75, 3.05) is 7.11 Å². The van der Waals surface area contributed by atoms with E-state index in [0.29, 0.717) is 18.7 Å². The van der Waals surface area contributed by atoms with Crippen molar-refractivity contribution >= 4 is 0 Å². The summed E-state index contributed by atoms with van der Waals surface area (Å²) >= 11 is 0. The molecule has 1 N–H and O–H groups in total. The van der Waals surface area contributed by atoms with Crippen LogP contribution in [-0.2, 0) is 17.9 Å². The minimum atomic E-state index is 0.636. The van der Waals surface area contributed by atoms with E-state index in [-0.39, 0.29) is 0 Å². The lowest BCUT2D eigenvalue weighted by atomic mass is 10.00. The number of ether oxygens (including phenoxy) is 1. The zero-order valence-corrected chi connectivity index (χ0v) is 12.4. The van der Waals surface area contributed by atoms with Gasteiger partial charge >= 0.3 is 0 Å². The van der Waals surface area contributed by atoms with E-state index in [2.05, 4.69) is 48.5 Å². The fourth-order valence-electron chi connectivity index (χ4n) is 2.84. The summed E-state index contributed by atoms with van der Waals surface area (Å²) < 4.78 is 5.13. The number of hydrogen-bond donors (Lipinski definition) is 1. The van der Waals surface area contributed by atoms with Gasteiger partial charge in [-0.25, -0.2) is 5.01 Å². The van der Waals surface area contributed by atoms with E-state index in [4.69, 9.17) is 4.74 Å². The Balaban J connectivity index is 1.87. The van der Waals surface area contributed by atoms with Gasteiger partial charge in [0.25, 0.3) is 0 Å². The highest BCUT2D eigenvalue weighted by Gasteiger charge is 2.23. The molecule has 0 aliphatic carbocycles. The molecule has 3 nitrogen and oxygen atoms in total. The Morgan fingerprint density at radius 1 is 1.11 bits per heavy atom. The van der Waals surface area contributed by atoms with Crippen molar-refractivity contribution in [1.29, 1.82) is 0 Å². The van der Waals surface area contributed by atoms with E-state index in [1.807, 2.05) is 0 Å². The summed E-state index contributed by atoms with van der Waals surface area (Å²) in [6.07, 6.45) is 3.94. The Kier molecular flexibility index (Phi) is 5.37. The number of rotatable bonds is 5. The van der Waals surface area contributed by atoms with Crippen LogP contribution < -0.4 is 5.43 Å². The molecule has 2 atom stereocenters. The number of methoxy groups -OCH3 is 1. The second kappa shape index (κ2) is 7.04. The molecule has 0 bridgehead atoms. The molecule has 1 fully saturated rings. The lowest BCUT2D eigenvalue weighted by Crippen LogP contribution is -2.51. The Bertz CT molecular complexity index is 367. The zero-order chi connectivity index (χ0) is 13.7. The predicted octanol–water partition coefficient (Wildman–Crippen LogP) is 3.10. The first-order chi connectivity index (χ1) is 9.20. The molecular weight excluding hydrogens is 236 g/mol. The van der Waals surface area contributed by atoms with Gasteiger partial charge in [0, 0.05) is 25.7 Å². The summed E-state index contributed by atoms with van der Waals surface area (Å²) in [5.41, 5.74) is 6.14. The molecule has 19 heavy (non-hydrogen) atoms. The molecule has 0 saturated carbocycles. The highest BCUT2D eigenvalue weighted by molar-refractivity contribution is 5.21. The van der Waals surface area contributed by atoms with Crippen LogP contribution in [0.4, 0.5) is 0 Å². The van der Waals surface area contributed by atoms with E-state index >= 15 is 0 Å². The smallest absolute Gasteiger partial charge is 0.0713 e. The van der Waals surface area contributed by atoms with Gasteiger partial charge in [0.05, 0.1) is 6.61 Å². The van der Waals surface area contributed by atoms with Crippen molar-refractivity contribution in [2.24, 2.45) is 0 Å². The molecule has 3 heteroatoms. The van der Waals surface area contributed by atoms with Gasteiger partial charge in [-0.05, 0) is 37.8 Å². The van der Waals surface area contributed by atoms with Crippen LogP contribution in [0, 0.1) is 0 Å². The van der Waals surface area contributed by atoms with Crippen LogP contribution in [0.2, 0.25) is 0 Å². The fourth-order valence-corrected chi connectivity index (χ4v) is 2.84. The topological polar surface area (TPSA) is 24.5 Å². The van der Waals surface area contributed by atoms with Gasteiger partial charge < -0.3 is 4.74 Å². The molecule has 1 aliphatic rings. The molecule has 1 aliphatic heterocycles.